The van der Waals surface area contributed by atoms with Crippen molar-refractivity contribution in [2.24, 2.45) is 0 Å². The predicted octanol–water partition coefficient (Wildman–Crippen LogP) is 41.6. The van der Waals surface area contributed by atoms with Gasteiger partial charge in [0, 0.05) is 65.2 Å². The summed E-state index contributed by atoms with van der Waals surface area (Å²) < 4.78 is 26.8. The van der Waals surface area contributed by atoms with E-state index in [1.807, 2.05) is 12.1 Å². The van der Waals surface area contributed by atoms with Gasteiger partial charge in [-0.25, -0.2) is 0 Å². The van der Waals surface area contributed by atoms with Gasteiger partial charge in [-0.1, -0.05) is 445 Å². The van der Waals surface area contributed by atoms with E-state index in [0.29, 0.717) is 0 Å². The molecular formula is C145H88O4. The largest absolute Gasteiger partial charge is 0.456 e. The summed E-state index contributed by atoms with van der Waals surface area (Å²) in [6.45, 7) is 4.72. The summed E-state index contributed by atoms with van der Waals surface area (Å²) in [5, 5.41) is 39.3. The molecule has 0 atom stereocenters. The molecule has 4 aromatic heterocycles. The first-order valence-corrected chi connectivity index (χ1v) is 51.6. The fourth-order valence-electron chi connectivity index (χ4n) is 26.0. The van der Waals surface area contributed by atoms with Crippen LogP contribution in [-0.4, -0.2) is 0 Å². The number of furan rings is 4. The summed E-state index contributed by atoms with van der Waals surface area (Å²) in [5.41, 5.74) is 31.6. The van der Waals surface area contributed by atoms with Crippen LogP contribution in [0.3, 0.4) is 0 Å². The van der Waals surface area contributed by atoms with E-state index in [4.69, 9.17) is 17.7 Å². The first kappa shape index (κ1) is 84.3. The maximum atomic E-state index is 6.91. The number of para-hydroxylation sites is 4. The third-order valence-corrected chi connectivity index (χ3v) is 32.5. The predicted molar refractivity (Wildman–Crippen MR) is 631 cm³/mol. The molecule has 4 heterocycles. The van der Waals surface area contributed by atoms with E-state index in [9.17, 15) is 0 Å². The van der Waals surface area contributed by atoms with Gasteiger partial charge in [0.05, 0.1) is 0 Å². The molecule has 0 N–H and O–H groups in total. The second-order valence-corrected chi connectivity index (χ2v) is 40.7. The highest BCUT2D eigenvalue weighted by atomic mass is 16.3. The van der Waals surface area contributed by atoms with Gasteiger partial charge in [-0.15, -0.1) is 0 Å². The van der Waals surface area contributed by atoms with Crippen molar-refractivity contribution < 1.29 is 17.7 Å². The molecule has 4 heteroatoms. The molecule has 0 aliphatic heterocycles. The molecule has 149 heavy (non-hydrogen) atoms. The molecule has 33 rings (SSSR count). The second kappa shape index (κ2) is 32.9. The zero-order valence-electron chi connectivity index (χ0n) is 81.5. The van der Waals surface area contributed by atoms with Gasteiger partial charge in [-0.05, 0) is 291 Å². The standard InChI is InChI=1S/C49H32O.C48H28O2.C48H28O/c1-49(2)41-25-13-11-23-37(41)47-42(49)28-40(46-38-24-12-14-26-43(38)50-48(46)47)45-35-21-9-7-19-33(35)44(34-20-8-10-22-36(34)45)39-27-29-15-3-4-16-30(29)31-17-5-6-18-32(31)39;1-2-12-30-27-31(22-21-29(30)11-1)33-25-26-41(47-40-18-8-10-20-43(40)50-48(33)47)46-38-16-5-3-14-36(38)45(37-15-4-6-17-39(37)46)32-23-24-35-34-13-7-9-19-42(34)49-44(35)28-32;1-2-11-29(12-3-1)33-27-28-41(47-40-19-8-9-20-42(40)49-48(33)47)46-36-17-6-4-15-34(36)45(35-16-5-7-18-37(35)46)39-26-24-32-22-21-30-13-10-14-31-23-25-38(39)44(32)43(30)31/h3-28H,1-2H3;1-28H;1-28H. The van der Waals surface area contributed by atoms with Gasteiger partial charge in [0.25, 0.3) is 0 Å². The van der Waals surface area contributed by atoms with Gasteiger partial charge in [0.1, 0.15) is 44.7 Å². The van der Waals surface area contributed by atoms with E-state index in [2.05, 4.69) is 499 Å². The molecule has 0 amide bonds. The molecular weight excluding hydrogens is 1810 g/mol. The summed E-state index contributed by atoms with van der Waals surface area (Å²) in [6.07, 6.45) is 0. The maximum absolute atomic E-state index is 6.91. The van der Waals surface area contributed by atoms with E-state index in [1.54, 1.807) is 0 Å². The van der Waals surface area contributed by atoms with Crippen molar-refractivity contribution in [3.63, 3.8) is 0 Å². The Hall–Kier alpha value is -19.3. The van der Waals surface area contributed by atoms with Gasteiger partial charge >= 0.3 is 0 Å². The Kier molecular flexibility index (Phi) is 18.6. The molecule has 28 aromatic carbocycles. The first-order chi connectivity index (χ1) is 73.7. The summed E-state index contributed by atoms with van der Waals surface area (Å²) in [6, 6.07) is 181. The summed E-state index contributed by atoms with van der Waals surface area (Å²) in [5.74, 6) is 0. The van der Waals surface area contributed by atoms with Gasteiger partial charge in [0.2, 0.25) is 0 Å². The monoisotopic (exact) mass is 1890 g/mol. The highest BCUT2D eigenvalue weighted by Gasteiger charge is 2.40. The van der Waals surface area contributed by atoms with Crippen LogP contribution < -0.4 is 0 Å². The van der Waals surface area contributed by atoms with E-state index in [0.717, 1.165) is 110 Å². The van der Waals surface area contributed by atoms with Crippen LogP contribution >= 0.6 is 0 Å². The van der Waals surface area contributed by atoms with E-state index in [-0.39, 0.29) is 5.41 Å². The van der Waals surface area contributed by atoms with Crippen molar-refractivity contribution in [2.75, 3.05) is 0 Å². The molecule has 0 radical (unpaired) electrons. The topological polar surface area (TPSA) is 52.6 Å². The van der Waals surface area contributed by atoms with Crippen LogP contribution in [0, 0.1) is 0 Å². The Bertz CT molecular complexity index is 11100. The molecule has 692 valence electrons. The molecule has 0 saturated carbocycles. The van der Waals surface area contributed by atoms with Crippen LogP contribution in [0.4, 0.5) is 0 Å². The molecule has 1 aliphatic carbocycles. The van der Waals surface area contributed by atoms with Crippen LogP contribution in [0.1, 0.15) is 25.0 Å². The first-order valence-electron chi connectivity index (χ1n) is 51.6. The van der Waals surface area contributed by atoms with E-state index < -0.39 is 0 Å². The molecule has 4 nitrogen and oxygen atoms in total. The van der Waals surface area contributed by atoms with Crippen molar-refractivity contribution in [1.82, 2.24) is 0 Å². The molecule has 32 aromatic rings. The van der Waals surface area contributed by atoms with Crippen LogP contribution in [0.25, 0.3) is 317 Å². The lowest BCUT2D eigenvalue weighted by Crippen LogP contribution is -2.15. The average Bonchev–Trinajstić information content (AvgIpc) is 1.52. The Morgan fingerprint density at radius 1 is 0.134 bits per heavy atom. The third-order valence-electron chi connectivity index (χ3n) is 32.5. The summed E-state index contributed by atoms with van der Waals surface area (Å²) in [4.78, 5) is 0. The van der Waals surface area contributed by atoms with Crippen LogP contribution in [0.5, 0.6) is 0 Å². The number of fused-ring (bicyclic) bond motifs is 26. The van der Waals surface area contributed by atoms with Crippen molar-refractivity contribution in [1.29, 1.82) is 0 Å². The van der Waals surface area contributed by atoms with Crippen LogP contribution in [0.2, 0.25) is 0 Å². The van der Waals surface area contributed by atoms with Gasteiger partial charge in [-0.2, -0.15) is 0 Å². The molecule has 0 fully saturated rings. The van der Waals surface area contributed by atoms with Crippen molar-refractivity contribution in [2.45, 2.75) is 19.3 Å². The fraction of sp³-hybridized carbons (Fsp3) is 0.0207. The van der Waals surface area contributed by atoms with E-state index in [1.165, 1.54) is 218 Å². The second-order valence-electron chi connectivity index (χ2n) is 40.7. The Labute approximate surface area is 856 Å². The van der Waals surface area contributed by atoms with Crippen molar-refractivity contribution in [3.8, 4) is 100 Å². The van der Waals surface area contributed by atoms with Gasteiger partial charge in [-0.3, -0.25) is 0 Å². The summed E-state index contributed by atoms with van der Waals surface area (Å²) in [7, 11) is 0. The third kappa shape index (κ3) is 12.7. The molecule has 0 bridgehead atoms. The van der Waals surface area contributed by atoms with Crippen LogP contribution in [0.15, 0.2) is 515 Å². The highest BCUT2D eigenvalue weighted by molar-refractivity contribution is 6.35. The smallest absolute Gasteiger partial charge is 0.144 e. The number of hydrogen-bond donors (Lipinski definition) is 0. The SMILES string of the molecule is CC1(C)c2ccccc2-c2c1cc(-c1c3ccccc3c(-c3cc4ccccc4c4ccccc34)c3ccccc13)c1c2oc2ccccc21.c1ccc(-c2ccc(-c3c4ccccc4c(-c4ccc5ccc6cccc7ccc4c5c67)c4ccccc34)c3c2oc2ccccc23)cc1.c1ccc2cc(-c3ccc(-c4c5ccccc5c(-c5ccc6c(c5)oc5ccccc56)c5ccccc45)c4c3oc3ccccc34)ccc2c1. The minimum atomic E-state index is -0.177. The average molecular weight is 1890 g/mol. The zero-order valence-corrected chi connectivity index (χ0v) is 81.5. The van der Waals surface area contributed by atoms with Gasteiger partial charge < -0.3 is 17.7 Å². The molecule has 1 aliphatic rings. The van der Waals surface area contributed by atoms with E-state index >= 15 is 0 Å². The van der Waals surface area contributed by atoms with Crippen molar-refractivity contribution in [3.05, 3.63) is 509 Å². The lowest BCUT2D eigenvalue weighted by atomic mass is 9.79. The Balaban J connectivity index is 0.000000101. The lowest BCUT2D eigenvalue weighted by molar-refractivity contribution is 0.653. The number of hydrogen-bond acceptors (Lipinski definition) is 4. The normalized spacial score (nSPS) is 12.6. The summed E-state index contributed by atoms with van der Waals surface area (Å²) >= 11 is 0. The maximum Gasteiger partial charge on any atom is 0.144 e. The lowest BCUT2D eigenvalue weighted by Gasteiger charge is -2.24. The fourth-order valence-corrected chi connectivity index (χ4v) is 26.0. The Morgan fingerprint density at radius 3 is 1.03 bits per heavy atom. The number of rotatable bonds is 8. The Morgan fingerprint density at radius 2 is 0.483 bits per heavy atom. The molecule has 0 spiro atoms. The van der Waals surface area contributed by atoms with Crippen LogP contribution in [-0.2, 0) is 5.41 Å². The molecule has 0 unspecified atom stereocenters. The minimum Gasteiger partial charge on any atom is -0.456 e. The molecule has 0 saturated heterocycles. The van der Waals surface area contributed by atoms with Gasteiger partial charge in [0.15, 0.2) is 0 Å². The minimum absolute atomic E-state index is 0.177. The number of benzene rings is 28. The van der Waals surface area contributed by atoms with Crippen molar-refractivity contribution >= 4 is 217 Å². The quantitative estimate of drug-likeness (QED) is 0.112. The zero-order chi connectivity index (χ0) is 98.0. The highest BCUT2D eigenvalue weighted by Crippen LogP contribution is 2.60.